The van der Waals surface area contributed by atoms with E-state index in [1.54, 1.807) is 12.0 Å². The number of methoxy groups -OCH3 is 1. The van der Waals surface area contributed by atoms with Gasteiger partial charge in [0.05, 0.1) is 11.0 Å². The van der Waals surface area contributed by atoms with Gasteiger partial charge in [-0.3, -0.25) is 14.9 Å². The van der Waals surface area contributed by atoms with E-state index in [0.717, 1.165) is 25.0 Å². The average Bonchev–Trinajstić information content (AvgIpc) is 2.46. The van der Waals surface area contributed by atoms with Crippen LogP contribution in [0.1, 0.15) is 23.2 Å². The summed E-state index contributed by atoms with van der Waals surface area (Å²) in [5.74, 6) is -0.752. The van der Waals surface area contributed by atoms with E-state index in [9.17, 15) is 20.0 Å². The zero-order chi connectivity index (χ0) is 14.7. The number of benzene rings is 1. The summed E-state index contributed by atoms with van der Waals surface area (Å²) >= 11 is 0. The second-order valence-corrected chi connectivity index (χ2v) is 4.71. The number of nitro benzene ring substituents is 1. The van der Waals surface area contributed by atoms with Crippen molar-refractivity contribution in [1.82, 2.24) is 4.90 Å². The molecule has 0 spiro atoms. The highest BCUT2D eigenvalue weighted by molar-refractivity contribution is 5.95. The van der Waals surface area contributed by atoms with Gasteiger partial charge in [0.2, 0.25) is 0 Å². The molecule has 1 aliphatic heterocycles. The lowest BCUT2D eigenvalue weighted by Crippen LogP contribution is -2.42. The van der Waals surface area contributed by atoms with E-state index < -0.39 is 16.4 Å². The SMILES string of the molecule is COC1CCCN(C(=O)c2ccc([N+](=O)[O-])c(O)c2)C1. The van der Waals surface area contributed by atoms with Crippen LogP contribution in [-0.4, -0.2) is 47.1 Å². The molecule has 1 heterocycles. The molecule has 0 radical (unpaired) electrons. The van der Waals surface area contributed by atoms with Gasteiger partial charge in [0.1, 0.15) is 0 Å². The number of carbonyl (C=O) groups is 1. The topological polar surface area (TPSA) is 92.9 Å². The minimum Gasteiger partial charge on any atom is -0.502 e. The quantitative estimate of drug-likeness (QED) is 0.669. The normalized spacial score (nSPS) is 18.9. The van der Waals surface area contributed by atoms with Crippen LogP contribution in [0.2, 0.25) is 0 Å². The molecule has 1 unspecified atom stereocenters. The first-order chi connectivity index (χ1) is 9.52. The molecule has 1 atom stereocenters. The largest absolute Gasteiger partial charge is 0.502 e. The maximum absolute atomic E-state index is 12.3. The number of phenolic OH excluding ortho intramolecular Hbond substituents is 1. The van der Waals surface area contributed by atoms with E-state index in [1.165, 1.54) is 6.07 Å². The summed E-state index contributed by atoms with van der Waals surface area (Å²) in [7, 11) is 1.61. The van der Waals surface area contributed by atoms with Gasteiger partial charge in [-0.05, 0) is 25.0 Å². The molecular weight excluding hydrogens is 264 g/mol. The number of ether oxygens (including phenoxy) is 1. The number of nitro groups is 1. The fourth-order valence-corrected chi connectivity index (χ4v) is 2.31. The van der Waals surface area contributed by atoms with Crippen molar-refractivity contribution in [2.75, 3.05) is 20.2 Å². The first-order valence-corrected chi connectivity index (χ1v) is 6.32. The Labute approximate surface area is 115 Å². The Hall–Kier alpha value is -2.15. The van der Waals surface area contributed by atoms with Crippen LogP contribution in [0.25, 0.3) is 0 Å². The Balaban J connectivity index is 2.17. The molecule has 20 heavy (non-hydrogen) atoms. The number of likely N-dealkylation sites (tertiary alicyclic amines) is 1. The molecule has 2 rings (SSSR count). The smallest absolute Gasteiger partial charge is 0.310 e. The number of rotatable bonds is 3. The Morgan fingerprint density at radius 3 is 2.90 bits per heavy atom. The molecule has 108 valence electrons. The summed E-state index contributed by atoms with van der Waals surface area (Å²) in [4.78, 5) is 23.9. The molecule has 1 N–H and O–H groups in total. The Morgan fingerprint density at radius 2 is 2.30 bits per heavy atom. The number of phenols is 1. The van der Waals surface area contributed by atoms with Gasteiger partial charge < -0.3 is 14.7 Å². The van der Waals surface area contributed by atoms with Gasteiger partial charge in [-0.15, -0.1) is 0 Å². The second kappa shape index (κ2) is 5.87. The third-order valence-corrected chi connectivity index (χ3v) is 3.42. The summed E-state index contributed by atoms with van der Waals surface area (Å²) in [5, 5.41) is 20.2. The summed E-state index contributed by atoms with van der Waals surface area (Å²) in [6.07, 6.45) is 1.77. The molecule has 1 aromatic carbocycles. The van der Waals surface area contributed by atoms with Crippen molar-refractivity contribution in [3.05, 3.63) is 33.9 Å². The lowest BCUT2D eigenvalue weighted by atomic mass is 10.1. The van der Waals surface area contributed by atoms with Crippen molar-refractivity contribution < 1.29 is 19.6 Å². The van der Waals surface area contributed by atoms with E-state index in [2.05, 4.69) is 0 Å². The van der Waals surface area contributed by atoms with Crippen molar-refractivity contribution in [3.8, 4) is 5.75 Å². The third-order valence-electron chi connectivity index (χ3n) is 3.42. The number of carbonyl (C=O) groups excluding carboxylic acids is 1. The van der Waals surface area contributed by atoms with Crippen molar-refractivity contribution in [2.45, 2.75) is 18.9 Å². The van der Waals surface area contributed by atoms with Crippen LogP contribution in [0.15, 0.2) is 18.2 Å². The average molecular weight is 280 g/mol. The van der Waals surface area contributed by atoms with Crippen molar-refractivity contribution in [1.29, 1.82) is 0 Å². The van der Waals surface area contributed by atoms with Crippen molar-refractivity contribution in [2.24, 2.45) is 0 Å². The molecule has 1 aliphatic rings. The van der Waals surface area contributed by atoms with Crippen molar-refractivity contribution in [3.63, 3.8) is 0 Å². The van der Waals surface area contributed by atoms with Gasteiger partial charge in [0.15, 0.2) is 5.75 Å². The van der Waals surface area contributed by atoms with E-state index in [1.807, 2.05) is 0 Å². The number of piperidine rings is 1. The summed E-state index contributed by atoms with van der Waals surface area (Å²) < 4.78 is 5.25. The van der Waals surface area contributed by atoms with Gasteiger partial charge in [0.25, 0.3) is 5.91 Å². The molecule has 0 bridgehead atoms. The molecular formula is C13H16N2O5. The van der Waals surface area contributed by atoms with Crippen molar-refractivity contribution >= 4 is 11.6 Å². The van der Waals surface area contributed by atoms with Gasteiger partial charge in [-0.1, -0.05) is 0 Å². The van der Waals surface area contributed by atoms with Crippen LogP contribution in [0.3, 0.4) is 0 Å². The van der Waals surface area contributed by atoms with Crippen LogP contribution in [0, 0.1) is 10.1 Å². The summed E-state index contributed by atoms with van der Waals surface area (Å²) in [6.45, 7) is 1.11. The maximum atomic E-state index is 12.3. The number of aromatic hydroxyl groups is 1. The van der Waals surface area contributed by atoms with Gasteiger partial charge in [-0.25, -0.2) is 0 Å². The molecule has 1 amide bonds. The number of nitrogens with zero attached hydrogens (tertiary/aromatic N) is 2. The number of hydrogen-bond acceptors (Lipinski definition) is 5. The van der Waals surface area contributed by atoms with Gasteiger partial charge in [0, 0.05) is 31.8 Å². The molecule has 7 nitrogen and oxygen atoms in total. The van der Waals surface area contributed by atoms with E-state index in [0.29, 0.717) is 13.1 Å². The fourth-order valence-electron chi connectivity index (χ4n) is 2.31. The fraction of sp³-hybridized carbons (Fsp3) is 0.462. The molecule has 1 saturated heterocycles. The first-order valence-electron chi connectivity index (χ1n) is 6.32. The highest BCUT2D eigenvalue weighted by Crippen LogP contribution is 2.27. The summed E-state index contributed by atoms with van der Waals surface area (Å²) in [5.41, 5.74) is -0.167. The van der Waals surface area contributed by atoms with Crippen LogP contribution in [0.5, 0.6) is 5.75 Å². The third kappa shape index (κ3) is 2.88. The Bertz CT molecular complexity index is 531. The highest BCUT2D eigenvalue weighted by Gasteiger charge is 2.25. The highest BCUT2D eigenvalue weighted by atomic mass is 16.6. The van der Waals surface area contributed by atoms with E-state index in [4.69, 9.17) is 4.74 Å². The lowest BCUT2D eigenvalue weighted by molar-refractivity contribution is -0.385. The van der Waals surface area contributed by atoms with Crippen LogP contribution >= 0.6 is 0 Å². The van der Waals surface area contributed by atoms with Crippen LogP contribution in [0.4, 0.5) is 5.69 Å². The number of amides is 1. The first kappa shape index (κ1) is 14.3. The Morgan fingerprint density at radius 1 is 1.55 bits per heavy atom. The standard InChI is InChI=1S/C13H16N2O5/c1-20-10-3-2-6-14(8-10)13(17)9-4-5-11(15(18)19)12(16)7-9/h4-5,7,10,16H,2-3,6,8H2,1H3. The second-order valence-electron chi connectivity index (χ2n) is 4.71. The molecule has 0 aromatic heterocycles. The van der Waals surface area contributed by atoms with E-state index >= 15 is 0 Å². The lowest BCUT2D eigenvalue weighted by Gasteiger charge is -2.32. The van der Waals surface area contributed by atoms with E-state index in [-0.39, 0.29) is 17.6 Å². The minimum absolute atomic E-state index is 0.0133. The number of hydrogen-bond donors (Lipinski definition) is 1. The van der Waals surface area contributed by atoms with Crippen LogP contribution < -0.4 is 0 Å². The van der Waals surface area contributed by atoms with Crippen LogP contribution in [-0.2, 0) is 4.74 Å². The molecule has 1 aromatic rings. The minimum atomic E-state index is -0.689. The zero-order valence-electron chi connectivity index (χ0n) is 11.1. The Kier molecular flexibility index (Phi) is 4.19. The predicted molar refractivity (Wildman–Crippen MR) is 70.7 cm³/mol. The molecule has 7 heteroatoms. The predicted octanol–water partition coefficient (Wildman–Crippen LogP) is 1.55. The van der Waals surface area contributed by atoms with Gasteiger partial charge in [-0.2, -0.15) is 0 Å². The zero-order valence-corrected chi connectivity index (χ0v) is 11.1. The maximum Gasteiger partial charge on any atom is 0.310 e. The van der Waals surface area contributed by atoms with Gasteiger partial charge >= 0.3 is 5.69 Å². The molecule has 0 saturated carbocycles. The molecule has 1 fully saturated rings. The molecule has 0 aliphatic carbocycles. The monoisotopic (exact) mass is 280 g/mol. The summed E-state index contributed by atoms with van der Waals surface area (Å²) in [6, 6.07) is 3.63.